The van der Waals surface area contributed by atoms with Gasteiger partial charge in [-0.3, -0.25) is 0 Å². The molecule has 140 valence electrons. The van der Waals surface area contributed by atoms with E-state index in [1.807, 2.05) is 36.5 Å². The van der Waals surface area contributed by atoms with Crippen LogP contribution in [0, 0.1) is 11.6 Å². The molecule has 3 aromatic rings. The van der Waals surface area contributed by atoms with E-state index >= 15 is 0 Å². The molecule has 1 atom stereocenters. The molecule has 0 aliphatic carbocycles. The maximum atomic E-state index is 13.7. The second-order valence-electron chi connectivity index (χ2n) is 6.17. The van der Waals surface area contributed by atoms with Crippen LogP contribution in [0.25, 0.3) is 5.69 Å². The average molecular weight is 370 g/mol. The molecule has 2 amide bonds. The minimum atomic E-state index is -0.684. The van der Waals surface area contributed by atoms with Crippen LogP contribution in [0.15, 0.2) is 60.9 Å². The highest BCUT2D eigenvalue weighted by atomic mass is 19.1. The molecule has 7 heteroatoms. The van der Waals surface area contributed by atoms with Gasteiger partial charge >= 0.3 is 6.03 Å². The fourth-order valence-corrected chi connectivity index (χ4v) is 2.71. The molecule has 1 aromatic heterocycles. The van der Waals surface area contributed by atoms with E-state index in [2.05, 4.69) is 15.7 Å². The van der Waals surface area contributed by atoms with Gasteiger partial charge < -0.3 is 10.6 Å². The summed E-state index contributed by atoms with van der Waals surface area (Å²) in [5, 5.41) is 9.67. The molecule has 0 spiro atoms. The lowest BCUT2D eigenvalue weighted by Crippen LogP contribution is -2.38. The Kier molecular flexibility index (Phi) is 5.80. The summed E-state index contributed by atoms with van der Waals surface area (Å²) in [6, 6.07) is 12.0. The number of nitrogens with one attached hydrogen (secondary N) is 2. The third kappa shape index (κ3) is 4.91. The highest BCUT2D eigenvalue weighted by Crippen LogP contribution is 2.17. The topological polar surface area (TPSA) is 59.0 Å². The van der Waals surface area contributed by atoms with Crippen molar-refractivity contribution in [2.24, 2.45) is 0 Å². The first-order chi connectivity index (χ1) is 13.0. The lowest BCUT2D eigenvalue weighted by molar-refractivity contribution is 0.238. The summed E-state index contributed by atoms with van der Waals surface area (Å²) in [6.45, 7) is 2.05. The third-order valence-electron chi connectivity index (χ3n) is 4.13. The van der Waals surface area contributed by atoms with Gasteiger partial charge in [0.05, 0.1) is 17.9 Å². The zero-order valence-electron chi connectivity index (χ0n) is 14.8. The largest absolute Gasteiger partial charge is 0.338 e. The zero-order valence-corrected chi connectivity index (χ0v) is 14.8. The molecule has 0 aliphatic heterocycles. The lowest BCUT2D eigenvalue weighted by Gasteiger charge is -2.15. The number of rotatable bonds is 6. The van der Waals surface area contributed by atoms with Gasteiger partial charge in [0, 0.05) is 24.4 Å². The maximum Gasteiger partial charge on any atom is 0.315 e. The number of aromatic nitrogens is 2. The van der Waals surface area contributed by atoms with Gasteiger partial charge in [-0.2, -0.15) is 5.10 Å². The van der Waals surface area contributed by atoms with Crippen LogP contribution in [0.4, 0.5) is 13.6 Å². The Hall–Kier alpha value is -3.22. The van der Waals surface area contributed by atoms with E-state index in [-0.39, 0.29) is 5.56 Å². The number of urea groups is 1. The van der Waals surface area contributed by atoms with Crippen LogP contribution in [-0.4, -0.2) is 22.4 Å². The molecular formula is C20H20F2N4O. The smallest absolute Gasteiger partial charge is 0.315 e. The number of hydrogen-bond acceptors (Lipinski definition) is 2. The summed E-state index contributed by atoms with van der Waals surface area (Å²) in [6.07, 6.45) is 4.27. The van der Waals surface area contributed by atoms with Crippen LogP contribution < -0.4 is 10.6 Å². The second kappa shape index (κ2) is 8.44. The van der Waals surface area contributed by atoms with Crippen LogP contribution in [0.2, 0.25) is 0 Å². The van der Waals surface area contributed by atoms with Gasteiger partial charge in [0.15, 0.2) is 0 Å². The van der Waals surface area contributed by atoms with Crippen LogP contribution in [-0.2, 0) is 6.42 Å². The van der Waals surface area contributed by atoms with E-state index in [1.165, 1.54) is 12.1 Å². The van der Waals surface area contributed by atoms with Gasteiger partial charge in [0.1, 0.15) is 11.6 Å². The van der Waals surface area contributed by atoms with Crippen LogP contribution in [0.1, 0.15) is 24.1 Å². The zero-order chi connectivity index (χ0) is 19.2. The van der Waals surface area contributed by atoms with E-state index in [1.54, 1.807) is 17.8 Å². The van der Waals surface area contributed by atoms with Crippen LogP contribution in [0.5, 0.6) is 0 Å². The van der Waals surface area contributed by atoms with E-state index in [9.17, 15) is 13.6 Å². The summed E-state index contributed by atoms with van der Waals surface area (Å²) in [4.78, 5) is 12.0. The first-order valence-corrected chi connectivity index (χ1v) is 8.61. The Morgan fingerprint density at radius 1 is 1.19 bits per heavy atom. The number of nitrogens with zero attached hydrogens (tertiary/aromatic N) is 2. The summed E-state index contributed by atoms with van der Waals surface area (Å²) >= 11 is 0. The average Bonchev–Trinajstić information content (AvgIpc) is 3.11. The van der Waals surface area contributed by atoms with Gasteiger partial charge in [-0.25, -0.2) is 18.3 Å². The molecule has 1 heterocycles. The molecule has 5 nitrogen and oxygen atoms in total. The van der Waals surface area contributed by atoms with E-state index < -0.39 is 23.7 Å². The first kappa shape index (κ1) is 18.6. The molecule has 0 fully saturated rings. The van der Waals surface area contributed by atoms with Crippen molar-refractivity contribution in [3.8, 4) is 5.69 Å². The molecule has 0 bridgehead atoms. The minimum Gasteiger partial charge on any atom is -0.338 e. The van der Waals surface area contributed by atoms with Gasteiger partial charge in [0.25, 0.3) is 0 Å². The quantitative estimate of drug-likeness (QED) is 0.694. The van der Waals surface area contributed by atoms with Gasteiger partial charge in [-0.15, -0.1) is 0 Å². The number of carbonyl (C=O) groups excluding carboxylic acids is 1. The fraction of sp³-hybridized carbons (Fsp3) is 0.200. The number of benzene rings is 2. The summed E-state index contributed by atoms with van der Waals surface area (Å²) in [7, 11) is 0. The molecule has 27 heavy (non-hydrogen) atoms. The van der Waals surface area contributed by atoms with Gasteiger partial charge in [0.2, 0.25) is 0 Å². The molecule has 0 aliphatic rings. The maximum absolute atomic E-state index is 13.7. The Balaban J connectivity index is 1.48. The fourth-order valence-electron chi connectivity index (χ4n) is 2.71. The van der Waals surface area contributed by atoms with E-state index in [4.69, 9.17) is 0 Å². The standard InChI is InChI=1S/C20H20F2N4O/c1-14(18-8-7-16(21)11-19(18)22)25-20(27)23-10-9-15-12-24-26(13-15)17-5-3-2-4-6-17/h2-8,11-14H,9-10H2,1H3,(H2,23,25,27). The van der Waals surface area contributed by atoms with Crippen molar-refractivity contribution in [2.45, 2.75) is 19.4 Å². The number of para-hydroxylation sites is 1. The molecular weight excluding hydrogens is 350 g/mol. The normalized spacial score (nSPS) is 11.8. The predicted molar refractivity (Wildman–Crippen MR) is 98.6 cm³/mol. The van der Waals surface area contributed by atoms with Crippen molar-refractivity contribution in [2.75, 3.05) is 6.54 Å². The Morgan fingerprint density at radius 3 is 2.70 bits per heavy atom. The summed E-state index contributed by atoms with van der Waals surface area (Å²) < 4.78 is 28.5. The number of carbonyl (C=O) groups is 1. The van der Waals surface area contributed by atoms with Crippen molar-refractivity contribution >= 4 is 6.03 Å². The van der Waals surface area contributed by atoms with Crippen molar-refractivity contribution < 1.29 is 13.6 Å². The molecule has 0 saturated carbocycles. The lowest BCUT2D eigenvalue weighted by atomic mass is 10.1. The van der Waals surface area contributed by atoms with Crippen LogP contribution in [0.3, 0.4) is 0 Å². The van der Waals surface area contributed by atoms with Crippen LogP contribution >= 0.6 is 0 Å². The second-order valence-corrected chi connectivity index (χ2v) is 6.17. The monoisotopic (exact) mass is 370 g/mol. The molecule has 2 aromatic carbocycles. The molecule has 0 radical (unpaired) electrons. The molecule has 1 unspecified atom stereocenters. The van der Waals surface area contributed by atoms with Crippen molar-refractivity contribution in [1.82, 2.24) is 20.4 Å². The highest BCUT2D eigenvalue weighted by Gasteiger charge is 2.14. The molecule has 3 rings (SSSR count). The molecule has 2 N–H and O–H groups in total. The van der Waals surface area contributed by atoms with E-state index in [0.29, 0.717) is 13.0 Å². The molecule has 0 saturated heterocycles. The Morgan fingerprint density at radius 2 is 1.96 bits per heavy atom. The minimum absolute atomic E-state index is 0.232. The summed E-state index contributed by atoms with van der Waals surface area (Å²) in [5.41, 5.74) is 2.18. The van der Waals surface area contributed by atoms with E-state index in [0.717, 1.165) is 17.3 Å². The van der Waals surface area contributed by atoms with Gasteiger partial charge in [-0.1, -0.05) is 24.3 Å². The number of halogens is 2. The van der Waals surface area contributed by atoms with Crippen molar-refractivity contribution in [3.05, 3.63) is 83.7 Å². The number of amides is 2. The number of hydrogen-bond donors (Lipinski definition) is 2. The summed E-state index contributed by atoms with van der Waals surface area (Å²) in [5.74, 6) is -1.33. The predicted octanol–water partition coefficient (Wildman–Crippen LogP) is 3.75. The Labute approximate surface area is 156 Å². The van der Waals surface area contributed by atoms with Crippen molar-refractivity contribution in [1.29, 1.82) is 0 Å². The SMILES string of the molecule is CC(NC(=O)NCCc1cnn(-c2ccccc2)c1)c1ccc(F)cc1F. The van der Waals surface area contributed by atoms with Crippen molar-refractivity contribution in [3.63, 3.8) is 0 Å². The first-order valence-electron chi connectivity index (χ1n) is 8.61. The highest BCUT2D eigenvalue weighted by molar-refractivity contribution is 5.74. The Bertz CT molecular complexity index is 911. The van der Waals surface area contributed by atoms with Gasteiger partial charge in [-0.05, 0) is 37.1 Å². The third-order valence-corrected chi connectivity index (χ3v) is 4.13.